The molecule has 0 aromatic rings. The number of rotatable bonds is 13. The van der Waals surface area contributed by atoms with E-state index in [1.165, 1.54) is 12.0 Å². The van der Waals surface area contributed by atoms with E-state index in [1.54, 1.807) is 19.1 Å². The molecule has 0 radical (unpaired) electrons. The monoisotopic (exact) mass is 463 g/mol. The van der Waals surface area contributed by atoms with Gasteiger partial charge in [0.2, 0.25) is 0 Å². The smallest absolute Gasteiger partial charge is 0.0543 e. The zero-order chi connectivity index (χ0) is 25.7. The van der Waals surface area contributed by atoms with Gasteiger partial charge in [0.25, 0.3) is 0 Å². The molecule has 0 N–H and O–H groups in total. The molecule has 0 aliphatic carbocycles. The summed E-state index contributed by atoms with van der Waals surface area (Å²) >= 11 is 1.71. The van der Waals surface area contributed by atoms with Crippen molar-refractivity contribution in [1.29, 1.82) is 0 Å². The Balaban J connectivity index is -0.000000897. The van der Waals surface area contributed by atoms with E-state index in [2.05, 4.69) is 80.0 Å². The SMILES string of the molecule is C=C(/C=C(/CC)C(=C)C(=C)/C=C\C(=C)C(C)CCC(C)OC)CC.CCC.CSN(C)C. The Morgan fingerprint density at radius 2 is 1.44 bits per heavy atom. The number of hydrogen-bond donors (Lipinski definition) is 0. The third kappa shape index (κ3) is 20.6. The van der Waals surface area contributed by atoms with Gasteiger partial charge in [-0.15, -0.1) is 0 Å². The first-order valence-electron chi connectivity index (χ1n) is 11.8. The molecule has 0 aromatic carbocycles. The van der Waals surface area contributed by atoms with Gasteiger partial charge in [-0.2, -0.15) is 0 Å². The highest BCUT2D eigenvalue weighted by Crippen LogP contribution is 2.24. The lowest BCUT2D eigenvalue weighted by Gasteiger charge is -2.15. The number of nitrogens with zero attached hydrogens (tertiary/aromatic N) is 1. The van der Waals surface area contributed by atoms with Crippen LogP contribution in [0, 0.1) is 5.92 Å². The maximum Gasteiger partial charge on any atom is 0.0543 e. The third-order valence-electron chi connectivity index (χ3n) is 4.89. The van der Waals surface area contributed by atoms with E-state index >= 15 is 0 Å². The molecule has 0 bridgehead atoms. The first kappa shape index (κ1) is 35.3. The molecule has 0 amide bonds. The Morgan fingerprint density at radius 1 is 0.938 bits per heavy atom. The van der Waals surface area contributed by atoms with Gasteiger partial charge in [-0.1, -0.05) is 109 Å². The van der Waals surface area contributed by atoms with Gasteiger partial charge in [0.1, 0.15) is 0 Å². The van der Waals surface area contributed by atoms with Crippen molar-refractivity contribution in [2.75, 3.05) is 27.5 Å². The molecule has 0 saturated carbocycles. The summed E-state index contributed by atoms with van der Waals surface area (Å²) in [5.74, 6) is 0.431. The van der Waals surface area contributed by atoms with Crippen molar-refractivity contribution in [3.8, 4) is 0 Å². The minimum Gasteiger partial charge on any atom is -0.382 e. The van der Waals surface area contributed by atoms with Crippen molar-refractivity contribution >= 4 is 11.9 Å². The van der Waals surface area contributed by atoms with Crippen LogP contribution in [0.15, 0.2) is 72.4 Å². The standard InChI is InChI=1S/C23H36O.C3H9NS.C3H8/c1-10-17(3)16-23(11-2)22(8)20(6)13-12-18(4)19(5)14-15-21(7)24-9;1-4(2)5-3;1-3-2/h12-13,16,19,21H,3-4,6,8,10-11,14-15H2,1-2,5,7,9H3;1-3H3;3H2,1-2H3/b13-12-,23-16-;;. The number of ether oxygens (including phenoxy) is 1. The van der Waals surface area contributed by atoms with Crippen LogP contribution in [0.25, 0.3) is 0 Å². The molecule has 3 heteroatoms. The molecule has 186 valence electrons. The fourth-order valence-electron chi connectivity index (χ4n) is 2.22. The first-order chi connectivity index (χ1) is 14.9. The van der Waals surface area contributed by atoms with Gasteiger partial charge >= 0.3 is 0 Å². The van der Waals surface area contributed by atoms with Crippen molar-refractivity contribution in [1.82, 2.24) is 4.31 Å². The molecule has 0 heterocycles. The molecule has 2 nitrogen and oxygen atoms in total. The first-order valence-corrected chi connectivity index (χ1v) is 13.0. The molecular weight excluding hydrogens is 410 g/mol. The van der Waals surface area contributed by atoms with Crippen molar-refractivity contribution in [3.05, 3.63) is 72.4 Å². The second-order valence-electron chi connectivity index (χ2n) is 8.17. The van der Waals surface area contributed by atoms with Crippen LogP contribution in [-0.2, 0) is 4.74 Å². The van der Waals surface area contributed by atoms with Crippen LogP contribution < -0.4 is 0 Å². The summed E-state index contributed by atoms with van der Waals surface area (Å²) in [6.07, 6.45) is 13.8. The van der Waals surface area contributed by atoms with Crippen molar-refractivity contribution < 1.29 is 4.74 Å². The fourth-order valence-corrected chi connectivity index (χ4v) is 2.22. The molecule has 2 unspecified atom stereocenters. The number of allylic oxidation sites excluding steroid dienone is 8. The van der Waals surface area contributed by atoms with Gasteiger partial charge < -0.3 is 4.74 Å². The molecule has 0 aliphatic rings. The summed E-state index contributed by atoms with van der Waals surface area (Å²) in [6.45, 7) is 29.4. The summed E-state index contributed by atoms with van der Waals surface area (Å²) in [5, 5.41) is 0. The average Bonchev–Trinajstić information content (AvgIpc) is 2.78. The van der Waals surface area contributed by atoms with Crippen LogP contribution in [0.1, 0.15) is 73.6 Å². The molecule has 0 aliphatic heterocycles. The van der Waals surface area contributed by atoms with Crippen molar-refractivity contribution in [2.45, 2.75) is 79.8 Å². The Bertz CT molecular complexity index is 598. The largest absolute Gasteiger partial charge is 0.382 e. The van der Waals surface area contributed by atoms with Crippen molar-refractivity contribution in [2.24, 2.45) is 5.92 Å². The fraction of sp³-hybridized carbons (Fsp3) is 0.586. The maximum absolute atomic E-state index is 5.30. The molecule has 2 atom stereocenters. The maximum atomic E-state index is 5.30. The van der Waals surface area contributed by atoms with Gasteiger partial charge in [0.15, 0.2) is 0 Å². The Kier molecular flexibility index (Phi) is 25.3. The Hall–Kier alpha value is -1.29. The van der Waals surface area contributed by atoms with Gasteiger partial charge in [0.05, 0.1) is 6.10 Å². The highest BCUT2D eigenvalue weighted by Gasteiger charge is 2.08. The lowest BCUT2D eigenvalue weighted by molar-refractivity contribution is 0.106. The van der Waals surface area contributed by atoms with Crippen LogP contribution >= 0.6 is 11.9 Å². The van der Waals surface area contributed by atoms with Crippen LogP contribution in [0.5, 0.6) is 0 Å². The van der Waals surface area contributed by atoms with Crippen LogP contribution in [0.4, 0.5) is 0 Å². The predicted molar refractivity (Wildman–Crippen MR) is 152 cm³/mol. The molecular formula is C29H53NOS. The zero-order valence-electron chi connectivity index (χ0n) is 23.0. The molecule has 0 fully saturated rings. The molecule has 32 heavy (non-hydrogen) atoms. The normalized spacial score (nSPS) is 12.9. The predicted octanol–water partition coefficient (Wildman–Crippen LogP) is 9.21. The van der Waals surface area contributed by atoms with Crippen molar-refractivity contribution in [3.63, 3.8) is 0 Å². The highest BCUT2D eigenvalue weighted by molar-refractivity contribution is 7.96. The van der Waals surface area contributed by atoms with E-state index in [4.69, 9.17) is 4.74 Å². The minimum absolute atomic E-state index is 0.294. The van der Waals surface area contributed by atoms with Gasteiger partial charge in [-0.25, -0.2) is 0 Å². The quantitative estimate of drug-likeness (QED) is 0.199. The summed E-state index contributed by atoms with van der Waals surface area (Å²) in [7, 11) is 5.79. The number of hydrogen-bond acceptors (Lipinski definition) is 3. The van der Waals surface area contributed by atoms with Gasteiger partial charge in [0, 0.05) is 7.11 Å². The lowest BCUT2D eigenvalue weighted by Crippen LogP contribution is -2.07. The highest BCUT2D eigenvalue weighted by atomic mass is 32.2. The summed E-state index contributed by atoms with van der Waals surface area (Å²) in [5.41, 5.74) is 5.36. The molecule has 0 spiro atoms. The minimum atomic E-state index is 0.294. The van der Waals surface area contributed by atoms with E-state index in [0.717, 1.165) is 48.0 Å². The van der Waals surface area contributed by atoms with Crippen LogP contribution in [-0.4, -0.2) is 37.9 Å². The second kappa shape index (κ2) is 22.9. The molecule has 0 rings (SSSR count). The average molecular weight is 464 g/mol. The van der Waals surface area contributed by atoms with E-state index in [9.17, 15) is 0 Å². The summed E-state index contributed by atoms with van der Waals surface area (Å²) in [6, 6.07) is 0. The third-order valence-corrected chi connectivity index (χ3v) is 5.62. The molecule has 0 aromatic heterocycles. The zero-order valence-corrected chi connectivity index (χ0v) is 23.8. The topological polar surface area (TPSA) is 12.5 Å². The lowest BCUT2D eigenvalue weighted by atomic mass is 9.93. The van der Waals surface area contributed by atoms with E-state index in [0.29, 0.717) is 12.0 Å². The summed E-state index contributed by atoms with van der Waals surface area (Å²) < 4.78 is 7.34. The van der Waals surface area contributed by atoms with Gasteiger partial charge in [-0.05, 0) is 75.6 Å². The van der Waals surface area contributed by atoms with Crippen LogP contribution in [0.3, 0.4) is 0 Å². The Labute approximate surface area is 206 Å². The Morgan fingerprint density at radius 3 is 1.81 bits per heavy atom. The van der Waals surface area contributed by atoms with Gasteiger partial charge in [-0.3, -0.25) is 4.31 Å². The van der Waals surface area contributed by atoms with Crippen LogP contribution in [0.2, 0.25) is 0 Å². The van der Waals surface area contributed by atoms with E-state index in [-0.39, 0.29) is 0 Å². The number of methoxy groups -OCH3 is 1. The van der Waals surface area contributed by atoms with E-state index < -0.39 is 0 Å². The molecule has 0 saturated heterocycles. The van der Waals surface area contributed by atoms with E-state index in [1.807, 2.05) is 30.7 Å². The second-order valence-corrected chi connectivity index (χ2v) is 9.27. The summed E-state index contributed by atoms with van der Waals surface area (Å²) in [4.78, 5) is 0.